The smallest absolute Gasteiger partial charge is 0.328 e. The molecule has 0 spiro atoms. The summed E-state index contributed by atoms with van der Waals surface area (Å²) in [5.41, 5.74) is 1.20. The average molecular weight is 396 g/mol. The van der Waals surface area contributed by atoms with Crippen molar-refractivity contribution in [3.8, 4) is 0 Å². The summed E-state index contributed by atoms with van der Waals surface area (Å²) in [6, 6.07) is 7.33. The molecule has 1 amide bonds. The van der Waals surface area contributed by atoms with Crippen molar-refractivity contribution >= 4 is 23.5 Å². The number of halogens is 1. The van der Waals surface area contributed by atoms with Gasteiger partial charge in [-0.3, -0.25) is 14.6 Å². The average Bonchev–Trinajstić information content (AvgIpc) is 2.62. The van der Waals surface area contributed by atoms with Gasteiger partial charge in [0.05, 0.1) is 13.7 Å². The molecule has 2 rings (SSSR count). The molecule has 0 aliphatic carbocycles. The molecule has 27 heavy (non-hydrogen) atoms. The highest BCUT2D eigenvalue weighted by Crippen LogP contribution is 2.14. The van der Waals surface area contributed by atoms with Crippen LogP contribution in [0.2, 0.25) is 5.02 Å². The highest BCUT2D eigenvalue weighted by atomic mass is 35.5. The lowest BCUT2D eigenvalue weighted by Crippen LogP contribution is -2.51. The van der Waals surface area contributed by atoms with Crippen LogP contribution in [-0.4, -0.2) is 67.6 Å². The second kappa shape index (κ2) is 10.6. The lowest BCUT2D eigenvalue weighted by atomic mass is 10.0. The fraction of sp³-hybridized carbons (Fsp3) is 0.600. The fourth-order valence-corrected chi connectivity index (χ4v) is 3.48. The molecule has 1 atom stereocenters. The minimum absolute atomic E-state index is 0.130. The molecule has 1 unspecified atom stereocenters. The Labute approximate surface area is 166 Å². The van der Waals surface area contributed by atoms with Gasteiger partial charge in [-0.15, -0.1) is 0 Å². The first kappa shape index (κ1) is 21.7. The Bertz CT molecular complexity index is 631. The van der Waals surface area contributed by atoms with Crippen LogP contribution >= 0.6 is 11.6 Å². The van der Waals surface area contributed by atoms with E-state index in [0.29, 0.717) is 18.9 Å². The van der Waals surface area contributed by atoms with Crippen LogP contribution in [0.1, 0.15) is 25.8 Å². The summed E-state index contributed by atoms with van der Waals surface area (Å²) in [5.74, 6) is -0.220. The minimum Gasteiger partial charge on any atom is -0.467 e. The number of hydrogen-bond acceptors (Lipinski definition) is 5. The molecule has 150 valence electrons. The van der Waals surface area contributed by atoms with Gasteiger partial charge in [-0.05, 0) is 30.0 Å². The number of nitrogens with one attached hydrogen (secondary N) is 1. The maximum Gasteiger partial charge on any atom is 0.328 e. The number of methoxy groups -OCH3 is 1. The van der Waals surface area contributed by atoms with E-state index in [2.05, 4.69) is 21.2 Å². The molecule has 1 heterocycles. The zero-order valence-electron chi connectivity index (χ0n) is 16.4. The minimum atomic E-state index is -0.577. The number of amides is 1. The van der Waals surface area contributed by atoms with Crippen LogP contribution in [0.15, 0.2) is 24.3 Å². The molecule has 1 saturated heterocycles. The van der Waals surface area contributed by atoms with Gasteiger partial charge in [0.15, 0.2) is 0 Å². The molecule has 0 radical (unpaired) electrons. The summed E-state index contributed by atoms with van der Waals surface area (Å²) in [4.78, 5) is 28.7. The Hall–Kier alpha value is -1.63. The van der Waals surface area contributed by atoms with Crippen LogP contribution in [0.25, 0.3) is 0 Å². The highest BCUT2D eigenvalue weighted by Gasteiger charge is 2.24. The Morgan fingerprint density at radius 3 is 2.44 bits per heavy atom. The van der Waals surface area contributed by atoms with E-state index in [9.17, 15) is 9.59 Å². The van der Waals surface area contributed by atoms with Gasteiger partial charge < -0.3 is 10.1 Å². The Kier molecular flexibility index (Phi) is 8.54. The van der Waals surface area contributed by atoms with E-state index in [-0.39, 0.29) is 11.9 Å². The Balaban J connectivity index is 1.77. The van der Waals surface area contributed by atoms with Crippen molar-refractivity contribution < 1.29 is 14.3 Å². The molecule has 7 heteroatoms. The number of hydrogen-bond donors (Lipinski definition) is 1. The molecule has 1 aromatic carbocycles. The largest absolute Gasteiger partial charge is 0.467 e. The van der Waals surface area contributed by atoms with Crippen LogP contribution in [0.4, 0.5) is 0 Å². The molecule has 0 aromatic heterocycles. The van der Waals surface area contributed by atoms with Crippen molar-refractivity contribution in [2.45, 2.75) is 32.9 Å². The van der Waals surface area contributed by atoms with Gasteiger partial charge in [0.1, 0.15) is 6.04 Å². The molecular formula is C20H30ClN3O3. The van der Waals surface area contributed by atoms with Crippen LogP contribution < -0.4 is 5.32 Å². The third-order valence-electron chi connectivity index (χ3n) is 4.66. The number of carbonyl (C=O) groups excluding carboxylic acids is 2. The van der Waals surface area contributed by atoms with Gasteiger partial charge in [0.25, 0.3) is 0 Å². The summed E-state index contributed by atoms with van der Waals surface area (Å²) in [7, 11) is 1.35. The van der Waals surface area contributed by atoms with Crippen LogP contribution in [0.3, 0.4) is 0 Å². The van der Waals surface area contributed by atoms with Crippen molar-refractivity contribution in [3.05, 3.63) is 34.9 Å². The number of piperazine rings is 1. The number of esters is 1. The topological polar surface area (TPSA) is 61.9 Å². The first-order valence-electron chi connectivity index (χ1n) is 9.43. The first-order valence-corrected chi connectivity index (χ1v) is 9.81. The number of rotatable bonds is 8. The summed E-state index contributed by atoms with van der Waals surface area (Å²) >= 11 is 6.04. The van der Waals surface area contributed by atoms with E-state index in [1.54, 1.807) is 0 Å². The second-order valence-corrected chi connectivity index (χ2v) is 7.89. The zero-order chi connectivity index (χ0) is 19.8. The van der Waals surface area contributed by atoms with Crippen LogP contribution in [0.5, 0.6) is 0 Å². The molecule has 6 nitrogen and oxygen atoms in total. The molecule has 1 N–H and O–H groups in total. The fourth-order valence-electron chi connectivity index (χ4n) is 3.27. The summed E-state index contributed by atoms with van der Waals surface area (Å²) in [6.07, 6.45) is 0.575. The third kappa shape index (κ3) is 7.48. The van der Waals surface area contributed by atoms with Crippen molar-refractivity contribution in [1.82, 2.24) is 15.1 Å². The Morgan fingerprint density at radius 2 is 1.85 bits per heavy atom. The van der Waals surface area contributed by atoms with Crippen LogP contribution in [0, 0.1) is 5.92 Å². The molecular weight excluding hydrogens is 366 g/mol. The maximum absolute atomic E-state index is 12.3. The zero-order valence-corrected chi connectivity index (χ0v) is 17.2. The number of benzene rings is 1. The van der Waals surface area contributed by atoms with E-state index in [1.807, 2.05) is 32.0 Å². The predicted molar refractivity (Wildman–Crippen MR) is 107 cm³/mol. The molecule has 1 aliphatic rings. The number of ether oxygens (including phenoxy) is 1. The normalized spacial score (nSPS) is 16.9. The lowest BCUT2D eigenvalue weighted by molar-refractivity contribution is -0.145. The summed E-state index contributed by atoms with van der Waals surface area (Å²) in [6.45, 7) is 8.62. The van der Waals surface area contributed by atoms with E-state index in [1.165, 1.54) is 12.7 Å². The van der Waals surface area contributed by atoms with Crippen molar-refractivity contribution in [1.29, 1.82) is 0 Å². The first-order chi connectivity index (χ1) is 12.9. The number of nitrogens with zero attached hydrogens (tertiary/aromatic N) is 2. The standard InChI is InChI=1S/C20H30ClN3O3/c1-15(2)11-18(20(26)27-3)22-19(25)14-24-9-7-23(8-10-24)13-16-5-4-6-17(21)12-16/h4-6,12,15,18H,7-11,13-14H2,1-3H3,(H,22,25). The Morgan fingerprint density at radius 1 is 1.19 bits per heavy atom. The van der Waals surface area contributed by atoms with E-state index in [0.717, 1.165) is 37.7 Å². The molecule has 1 fully saturated rings. The lowest BCUT2D eigenvalue weighted by Gasteiger charge is -2.34. The monoisotopic (exact) mass is 395 g/mol. The molecule has 0 bridgehead atoms. The maximum atomic E-state index is 12.3. The van der Waals surface area contributed by atoms with Gasteiger partial charge in [-0.2, -0.15) is 0 Å². The third-order valence-corrected chi connectivity index (χ3v) is 4.89. The molecule has 1 aromatic rings. The molecule has 0 saturated carbocycles. The van der Waals surface area contributed by atoms with Crippen LogP contribution in [-0.2, 0) is 20.9 Å². The van der Waals surface area contributed by atoms with Crippen molar-refractivity contribution in [2.24, 2.45) is 5.92 Å². The van der Waals surface area contributed by atoms with Gasteiger partial charge in [-0.1, -0.05) is 37.6 Å². The van der Waals surface area contributed by atoms with Gasteiger partial charge in [0.2, 0.25) is 5.91 Å². The summed E-state index contributed by atoms with van der Waals surface area (Å²) in [5, 5.41) is 3.57. The second-order valence-electron chi connectivity index (χ2n) is 7.46. The number of carbonyl (C=O) groups is 2. The van der Waals surface area contributed by atoms with E-state index >= 15 is 0 Å². The highest BCUT2D eigenvalue weighted by molar-refractivity contribution is 6.30. The van der Waals surface area contributed by atoms with Gasteiger partial charge in [-0.25, -0.2) is 4.79 Å². The quantitative estimate of drug-likeness (QED) is 0.683. The van der Waals surface area contributed by atoms with Gasteiger partial charge in [0, 0.05) is 37.7 Å². The van der Waals surface area contributed by atoms with Gasteiger partial charge >= 0.3 is 5.97 Å². The van der Waals surface area contributed by atoms with Crippen molar-refractivity contribution in [2.75, 3.05) is 39.8 Å². The predicted octanol–water partition coefficient (Wildman–Crippen LogP) is 2.16. The SMILES string of the molecule is COC(=O)C(CC(C)C)NC(=O)CN1CCN(Cc2cccc(Cl)c2)CC1. The molecule has 1 aliphatic heterocycles. The summed E-state index contributed by atoms with van der Waals surface area (Å²) < 4.78 is 4.80. The van der Waals surface area contributed by atoms with E-state index in [4.69, 9.17) is 16.3 Å². The van der Waals surface area contributed by atoms with Crippen molar-refractivity contribution in [3.63, 3.8) is 0 Å². The van der Waals surface area contributed by atoms with E-state index < -0.39 is 6.04 Å².